The van der Waals surface area contributed by atoms with Crippen molar-refractivity contribution in [2.75, 3.05) is 12.4 Å². The summed E-state index contributed by atoms with van der Waals surface area (Å²) in [5.74, 6) is 0.217. The van der Waals surface area contributed by atoms with Crippen LogP contribution in [0.2, 0.25) is 0 Å². The largest absolute Gasteiger partial charge is 0.465 e. The number of methoxy groups -OCH3 is 1. The van der Waals surface area contributed by atoms with Crippen LogP contribution in [-0.4, -0.2) is 18.1 Å². The number of benzene rings is 1. The number of nitrogens with one attached hydrogen (secondary N) is 1. The van der Waals surface area contributed by atoms with E-state index in [1.165, 1.54) is 7.11 Å². The molecule has 2 rings (SSSR count). The maximum atomic E-state index is 11.4. The Morgan fingerprint density at radius 2 is 2.11 bits per heavy atom. The summed E-state index contributed by atoms with van der Waals surface area (Å²) in [5.41, 5.74) is 2.51. The van der Waals surface area contributed by atoms with E-state index in [4.69, 9.17) is 0 Å². The second kappa shape index (κ2) is 5.84. The van der Waals surface area contributed by atoms with Gasteiger partial charge in [0, 0.05) is 16.4 Å². The smallest absolute Gasteiger partial charge is 0.338 e. The summed E-state index contributed by atoms with van der Waals surface area (Å²) in [4.78, 5) is 15.6. The molecule has 4 nitrogen and oxygen atoms in total. The normalized spacial score (nSPS) is 10.1. The Bertz CT molecular complexity index is 614. The molecule has 0 aliphatic carbocycles. The topological polar surface area (TPSA) is 51.2 Å². The maximum Gasteiger partial charge on any atom is 0.338 e. The molecule has 0 unspecified atom stereocenters. The summed E-state index contributed by atoms with van der Waals surface area (Å²) in [6.45, 7) is 2.02. The number of hydrogen-bond acceptors (Lipinski definition) is 4. The van der Waals surface area contributed by atoms with Crippen LogP contribution in [-0.2, 0) is 4.74 Å². The lowest BCUT2D eigenvalue weighted by Gasteiger charge is -2.08. The molecule has 0 bridgehead atoms. The zero-order chi connectivity index (χ0) is 13.8. The van der Waals surface area contributed by atoms with E-state index in [9.17, 15) is 4.79 Å². The molecule has 0 amide bonds. The van der Waals surface area contributed by atoms with Crippen molar-refractivity contribution in [1.29, 1.82) is 0 Å². The van der Waals surface area contributed by atoms with Gasteiger partial charge in [-0.25, -0.2) is 9.78 Å². The molecule has 0 aliphatic rings. The minimum Gasteiger partial charge on any atom is -0.465 e. The third-order valence-corrected chi connectivity index (χ3v) is 3.48. The molecule has 1 aromatic heterocycles. The van der Waals surface area contributed by atoms with E-state index >= 15 is 0 Å². The lowest BCUT2D eigenvalue weighted by atomic mass is 10.2. The van der Waals surface area contributed by atoms with Crippen LogP contribution in [0, 0.1) is 6.92 Å². The van der Waals surface area contributed by atoms with Crippen LogP contribution in [0.4, 0.5) is 11.5 Å². The SMILES string of the molecule is COC(=O)c1ccnc(Nc2ccc(C)c(Br)c2)c1. The van der Waals surface area contributed by atoms with Gasteiger partial charge in [-0.2, -0.15) is 0 Å². The molecule has 1 N–H and O–H groups in total. The van der Waals surface area contributed by atoms with Gasteiger partial charge in [-0.05, 0) is 36.8 Å². The molecule has 19 heavy (non-hydrogen) atoms. The molecule has 0 fully saturated rings. The lowest BCUT2D eigenvalue weighted by Crippen LogP contribution is -2.03. The van der Waals surface area contributed by atoms with Gasteiger partial charge in [0.25, 0.3) is 0 Å². The van der Waals surface area contributed by atoms with Crippen molar-refractivity contribution in [3.05, 3.63) is 52.1 Å². The van der Waals surface area contributed by atoms with Gasteiger partial charge in [-0.3, -0.25) is 0 Å². The van der Waals surface area contributed by atoms with Gasteiger partial charge in [0.05, 0.1) is 12.7 Å². The molecule has 1 aromatic carbocycles. The number of pyridine rings is 1. The Labute approximate surface area is 119 Å². The lowest BCUT2D eigenvalue weighted by molar-refractivity contribution is 0.0600. The zero-order valence-electron chi connectivity index (χ0n) is 10.6. The highest BCUT2D eigenvalue weighted by Crippen LogP contribution is 2.23. The summed E-state index contributed by atoms with van der Waals surface area (Å²) in [7, 11) is 1.35. The van der Waals surface area contributed by atoms with E-state index in [1.807, 2.05) is 25.1 Å². The molecule has 5 heteroatoms. The van der Waals surface area contributed by atoms with E-state index in [2.05, 4.69) is 31.0 Å². The summed E-state index contributed by atoms with van der Waals surface area (Å²) in [6.07, 6.45) is 1.57. The predicted octanol–water partition coefficient (Wildman–Crippen LogP) is 3.68. The van der Waals surface area contributed by atoms with E-state index in [-0.39, 0.29) is 5.97 Å². The summed E-state index contributed by atoms with van der Waals surface area (Å²) < 4.78 is 5.69. The summed E-state index contributed by atoms with van der Waals surface area (Å²) in [5, 5.41) is 3.14. The van der Waals surface area contributed by atoms with E-state index < -0.39 is 0 Å². The molecule has 0 saturated carbocycles. The fourth-order valence-corrected chi connectivity index (χ4v) is 1.94. The van der Waals surface area contributed by atoms with Gasteiger partial charge in [0.1, 0.15) is 5.82 Å². The standard InChI is InChI=1S/C14H13BrN2O2/c1-9-3-4-11(8-12(9)15)17-13-7-10(5-6-16-13)14(18)19-2/h3-8H,1-2H3,(H,16,17). The number of nitrogens with zero attached hydrogens (tertiary/aromatic N) is 1. The monoisotopic (exact) mass is 320 g/mol. The van der Waals surface area contributed by atoms with Gasteiger partial charge in [-0.1, -0.05) is 22.0 Å². The molecule has 0 saturated heterocycles. The van der Waals surface area contributed by atoms with Crippen LogP contribution in [0.15, 0.2) is 41.0 Å². The number of hydrogen-bond donors (Lipinski definition) is 1. The molecule has 2 aromatic rings. The fourth-order valence-electron chi connectivity index (χ4n) is 1.56. The van der Waals surface area contributed by atoms with E-state index in [0.717, 1.165) is 15.7 Å². The van der Waals surface area contributed by atoms with Crippen molar-refractivity contribution in [2.45, 2.75) is 6.92 Å². The minimum atomic E-state index is -0.379. The second-order valence-corrected chi connectivity index (χ2v) is 4.86. The average Bonchev–Trinajstić information content (AvgIpc) is 2.42. The molecule has 0 radical (unpaired) electrons. The van der Waals surface area contributed by atoms with Crippen LogP contribution in [0.3, 0.4) is 0 Å². The molecule has 1 heterocycles. The van der Waals surface area contributed by atoms with Crippen LogP contribution in [0.25, 0.3) is 0 Å². The highest BCUT2D eigenvalue weighted by atomic mass is 79.9. The summed E-state index contributed by atoms with van der Waals surface area (Å²) >= 11 is 3.47. The Kier molecular flexibility index (Phi) is 4.16. The van der Waals surface area contributed by atoms with Gasteiger partial charge in [-0.15, -0.1) is 0 Å². The Hall–Kier alpha value is -1.88. The van der Waals surface area contributed by atoms with Crippen molar-refractivity contribution in [3.8, 4) is 0 Å². The first-order valence-electron chi connectivity index (χ1n) is 5.67. The molecule has 0 atom stereocenters. The Balaban J connectivity index is 2.23. The van der Waals surface area contributed by atoms with Crippen LogP contribution >= 0.6 is 15.9 Å². The first kappa shape index (κ1) is 13.5. The number of anilines is 2. The second-order valence-electron chi connectivity index (χ2n) is 4.01. The van der Waals surface area contributed by atoms with Gasteiger partial charge in [0.15, 0.2) is 0 Å². The van der Waals surface area contributed by atoms with Gasteiger partial charge < -0.3 is 10.1 Å². The maximum absolute atomic E-state index is 11.4. The molecular weight excluding hydrogens is 308 g/mol. The minimum absolute atomic E-state index is 0.379. The quantitative estimate of drug-likeness (QED) is 0.876. The van der Waals surface area contributed by atoms with Crippen molar-refractivity contribution in [2.24, 2.45) is 0 Å². The molecule has 0 aliphatic heterocycles. The molecule has 98 valence electrons. The number of carbonyl (C=O) groups excluding carboxylic acids is 1. The number of esters is 1. The van der Waals surface area contributed by atoms with Gasteiger partial charge in [0.2, 0.25) is 0 Å². The number of carbonyl (C=O) groups is 1. The van der Waals surface area contributed by atoms with Crippen LogP contribution in [0.5, 0.6) is 0 Å². The van der Waals surface area contributed by atoms with Crippen LogP contribution < -0.4 is 5.32 Å². The highest BCUT2D eigenvalue weighted by molar-refractivity contribution is 9.10. The fraction of sp³-hybridized carbons (Fsp3) is 0.143. The van der Waals surface area contributed by atoms with Crippen molar-refractivity contribution >= 4 is 33.4 Å². The number of ether oxygens (including phenoxy) is 1. The first-order chi connectivity index (χ1) is 9.10. The predicted molar refractivity (Wildman–Crippen MR) is 77.7 cm³/mol. The molecular formula is C14H13BrN2O2. The highest BCUT2D eigenvalue weighted by Gasteiger charge is 2.06. The van der Waals surface area contributed by atoms with E-state index in [1.54, 1.807) is 18.3 Å². The zero-order valence-corrected chi connectivity index (χ0v) is 12.2. The summed E-state index contributed by atoms with van der Waals surface area (Å²) in [6, 6.07) is 9.17. The third kappa shape index (κ3) is 3.32. The number of aromatic nitrogens is 1. The van der Waals surface area contributed by atoms with Gasteiger partial charge >= 0.3 is 5.97 Å². The molecule has 0 spiro atoms. The van der Waals surface area contributed by atoms with Crippen molar-refractivity contribution < 1.29 is 9.53 Å². The van der Waals surface area contributed by atoms with Crippen molar-refractivity contribution in [3.63, 3.8) is 0 Å². The third-order valence-electron chi connectivity index (χ3n) is 2.63. The number of aryl methyl sites for hydroxylation is 1. The Morgan fingerprint density at radius 1 is 1.32 bits per heavy atom. The average molecular weight is 321 g/mol. The van der Waals surface area contributed by atoms with Crippen molar-refractivity contribution in [1.82, 2.24) is 4.98 Å². The van der Waals surface area contributed by atoms with Crippen LogP contribution in [0.1, 0.15) is 15.9 Å². The Morgan fingerprint density at radius 3 is 2.79 bits per heavy atom. The number of rotatable bonds is 3. The number of halogens is 1. The first-order valence-corrected chi connectivity index (χ1v) is 6.47. The van der Waals surface area contributed by atoms with E-state index in [0.29, 0.717) is 11.4 Å².